The second kappa shape index (κ2) is 47.4. The molecule has 0 spiro atoms. The molecule has 1 aliphatic heterocycles. The molecule has 2 amide bonds. The molecule has 1 aliphatic rings. The Labute approximate surface area is 771 Å². The molecule has 0 fully saturated rings. The number of nitrogens with one attached hydrogen (secondary N) is 2. The van der Waals surface area contributed by atoms with Gasteiger partial charge >= 0.3 is 24.1 Å². The number of nitrogens with two attached hydrogens (primary N) is 1. The molecule has 9 aromatic rings. The molecule has 0 saturated heterocycles. The summed E-state index contributed by atoms with van der Waals surface area (Å²) in [5, 5.41) is 14.6. The number of carbonyl (C=O) groups excluding carboxylic acids is 7. The van der Waals surface area contributed by atoms with Gasteiger partial charge in [0.15, 0.2) is 12.4 Å². The topological polar surface area (TPSA) is 283 Å². The van der Waals surface area contributed by atoms with Gasteiger partial charge in [0.25, 0.3) is 0 Å². The van der Waals surface area contributed by atoms with Crippen molar-refractivity contribution in [2.24, 2.45) is 49.6 Å². The molecule has 3 heterocycles. The average molecular weight is 1860 g/mol. The first-order valence-corrected chi connectivity index (χ1v) is 42.9. The number of carboxylic acids is 1. The minimum absolute atomic E-state index is 0.00908. The van der Waals surface area contributed by atoms with Crippen LogP contribution in [0, 0.1) is 97.1 Å². The van der Waals surface area contributed by atoms with E-state index in [4.69, 9.17) is 36.7 Å². The summed E-state index contributed by atoms with van der Waals surface area (Å²) in [6.45, 7) is 42.5. The van der Waals surface area contributed by atoms with Crippen LogP contribution < -0.4 is 16.4 Å². The van der Waals surface area contributed by atoms with E-state index < -0.39 is 152 Å². The highest BCUT2D eigenvalue weighted by Crippen LogP contribution is 2.39. The standard InChI is InChI=1S/C26H31F2N3O2.C21H23F2N3.C20H26F2N2O2.C17H20F2O4.C9H16O3.C8H5ClF2O/c1-25(2,3)22(30-24(32)33-26(4,5)6)23-29-21(19-14-18(27)12-13-20(19)28)16-31(23)15-17-10-8-7-9-11-17;1-21(2,3)19(24)20-25-18(16-11-15(22)9-10-17(16)23)13-26(20)12-14-7-5-4-6-8-14;1-19(2,3)17(24-18(25)26-20(4,5)6)16-10-9-15(23-16)13-11-12(21)7-8-14(13)22;1-10(20)7-13(17(2,3)4)16(22)23-9-15(21)12-8-11(18)5-6-14(12)19;1-6(10)5-7(8(11)12)9(2,3)4;9-4-8(12)6-3-5(10)1-2-7(6)11/h7-14,16,22H,15H2,1-6H3,(H,30,32);4-11,13,19H,12,24H2,1-3H3;7-9,11,17H,10H2,1-6H3,(H,24,25);5-6,8,13H,7,9H2,1-4H3;7H,5H2,1-4H3,(H,11,12);1-3H,4H2/t22-;19-;17-;13-;7-;/m00000./s1. The lowest BCUT2D eigenvalue weighted by atomic mass is 9.78. The predicted octanol–water partition coefficient (Wildman–Crippen LogP) is 23.9. The van der Waals surface area contributed by atoms with Crippen LogP contribution in [0.1, 0.15) is 240 Å². The van der Waals surface area contributed by atoms with Crippen molar-refractivity contribution in [3.05, 3.63) is 268 Å². The Balaban J connectivity index is 0.000000289. The zero-order valence-electron chi connectivity index (χ0n) is 78.9. The van der Waals surface area contributed by atoms with Gasteiger partial charge < -0.3 is 54.4 Å². The van der Waals surface area contributed by atoms with Gasteiger partial charge in [0, 0.05) is 67.1 Å². The van der Waals surface area contributed by atoms with Crippen molar-refractivity contribution in [3.63, 3.8) is 0 Å². The lowest BCUT2D eigenvalue weighted by Gasteiger charge is -2.32. The molecule has 20 nitrogen and oxygen atoms in total. The van der Waals surface area contributed by atoms with Gasteiger partial charge in [-0.2, -0.15) is 0 Å². The lowest BCUT2D eigenvalue weighted by molar-refractivity contribution is -0.153. The van der Waals surface area contributed by atoms with Crippen molar-refractivity contribution in [3.8, 4) is 22.5 Å². The number of alkyl carbamates (subject to hydrolysis) is 2. The summed E-state index contributed by atoms with van der Waals surface area (Å²) in [4.78, 5) is 106. The number of aliphatic imine (C=N–C) groups is 1. The smallest absolute Gasteiger partial charge is 0.408 e. The Kier molecular flexibility index (Phi) is 39.7. The number of hydrogen-bond donors (Lipinski definition) is 4. The zero-order chi connectivity index (χ0) is 99.8. The number of carboxylic acid groups (broad SMARTS) is 1. The van der Waals surface area contributed by atoms with Crippen molar-refractivity contribution in [2.75, 3.05) is 12.5 Å². The number of rotatable bonds is 23. The van der Waals surface area contributed by atoms with Gasteiger partial charge in [0.05, 0.1) is 64.1 Å². The predicted molar refractivity (Wildman–Crippen MR) is 490 cm³/mol. The first kappa shape index (κ1) is 111. The fourth-order valence-electron chi connectivity index (χ4n) is 12.9. The van der Waals surface area contributed by atoms with Gasteiger partial charge in [-0.25, -0.2) is 63.5 Å². The fourth-order valence-corrected chi connectivity index (χ4v) is 13.0. The van der Waals surface area contributed by atoms with Crippen LogP contribution in [0.4, 0.5) is 53.5 Å². The van der Waals surface area contributed by atoms with E-state index in [0.717, 1.165) is 102 Å². The number of ether oxygens (including phenoxy) is 3. The number of aromatic nitrogens is 4. The normalized spacial score (nSPS) is 13.3. The number of imidazole rings is 2. The first-order valence-electron chi connectivity index (χ1n) is 42.4. The molecule has 31 heteroatoms. The lowest BCUT2D eigenvalue weighted by Crippen LogP contribution is -2.50. The number of alkyl halides is 1. The Bertz CT molecular complexity index is 5560. The minimum atomic E-state index is -0.891. The number of ketones is 4. The maximum atomic E-state index is 14.5. The highest BCUT2D eigenvalue weighted by molar-refractivity contribution is 6.30. The number of Topliss-reactive ketones (excluding diaryl/α,β-unsaturated/α-hetero) is 4. The van der Waals surface area contributed by atoms with Crippen molar-refractivity contribution in [1.82, 2.24) is 29.7 Å². The van der Waals surface area contributed by atoms with Gasteiger partial charge in [-0.1, -0.05) is 171 Å². The number of allylic oxidation sites excluding steroid dienone is 1. The molecule has 5 atom stereocenters. The van der Waals surface area contributed by atoms with Crippen molar-refractivity contribution >= 4 is 70.3 Å². The van der Waals surface area contributed by atoms with Gasteiger partial charge in [0.2, 0.25) is 5.78 Å². The SMILES string of the molecule is CC(=O)C[C@@H](C(=O)O)C(C)(C)C.CC(=O)C[C@@H](C(=O)OCC(=O)c1cc(F)ccc1F)C(C)(C)C.CC(C)(C)OC(=O)N[C@@H](C1=NC(c2cc(F)ccc2F)=CC1)C(C)(C)C.CC(C)(C)OC(=O)N[C@@H](c1nc(-c2cc(F)ccc2F)cn1Cc1ccccc1)C(C)(C)C.CC(C)(C)[C@@H](N)c1nc(-c2cc(F)ccc2F)cn1Cc1ccccc1.O=C(CCl)c1cc(F)ccc1F. The zero-order valence-corrected chi connectivity index (χ0v) is 79.7. The fraction of sp³-hybridized carbons (Fsp3) is 0.416. The molecular formula is C101H121ClF10N8O12. The van der Waals surface area contributed by atoms with E-state index >= 15 is 0 Å². The van der Waals surface area contributed by atoms with Crippen LogP contribution in [0.25, 0.3) is 28.2 Å². The van der Waals surface area contributed by atoms with Crippen LogP contribution in [-0.2, 0) is 46.5 Å². The minimum Gasteiger partial charge on any atom is -0.481 e. The highest BCUT2D eigenvalue weighted by atomic mass is 35.5. The number of aliphatic carboxylic acids is 1. The summed E-state index contributed by atoms with van der Waals surface area (Å²) in [5.41, 5.74) is 6.62. The van der Waals surface area contributed by atoms with Crippen molar-refractivity contribution in [1.29, 1.82) is 0 Å². The number of esters is 1. The monoisotopic (exact) mass is 1860 g/mol. The second-order valence-corrected chi connectivity index (χ2v) is 39.3. The maximum absolute atomic E-state index is 14.5. The van der Waals surface area contributed by atoms with E-state index in [2.05, 4.69) is 25.6 Å². The van der Waals surface area contributed by atoms with Crippen molar-refractivity contribution < 1.29 is 102 Å². The third-order valence-electron chi connectivity index (χ3n) is 19.8. The molecule has 7 aromatic carbocycles. The number of halogens is 11. The number of hydrogen-bond acceptors (Lipinski definition) is 15. The third kappa shape index (κ3) is 35.6. The van der Waals surface area contributed by atoms with E-state index in [0.29, 0.717) is 48.3 Å². The number of nitrogens with zero attached hydrogens (tertiary/aromatic N) is 5. The van der Waals surface area contributed by atoms with Crippen molar-refractivity contribution in [2.45, 2.75) is 221 Å². The maximum Gasteiger partial charge on any atom is 0.408 e. The first-order chi connectivity index (χ1) is 60.9. The number of carbonyl (C=O) groups is 8. The quantitative estimate of drug-likeness (QED) is 0.0152. The summed E-state index contributed by atoms with van der Waals surface area (Å²) in [6.07, 6.45) is 4.62. The van der Waals surface area contributed by atoms with E-state index in [1.54, 1.807) is 80.8 Å². The van der Waals surface area contributed by atoms with Crippen LogP contribution in [-0.4, -0.2) is 107 Å². The number of benzene rings is 7. The summed E-state index contributed by atoms with van der Waals surface area (Å²) in [6, 6.07) is 33.4. The van der Waals surface area contributed by atoms with Gasteiger partial charge in [-0.05, 0) is 185 Å². The molecule has 0 unspecified atom stereocenters. The third-order valence-corrected chi connectivity index (χ3v) is 20.1. The van der Waals surface area contributed by atoms with Crippen LogP contribution in [0.15, 0.2) is 175 Å². The largest absolute Gasteiger partial charge is 0.481 e. The molecule has 0 radical (unpaired) electrons. The van der Waals surface area contributed by atoms with Crippen LogP contribution in [0.3, 0.4) is 0 Å². The summed E-state index contributed by atoms with van der Waals surface area (Å²) >= 11 is 5.17. The molecule has 0 saturated carbocycles. The average Bonchev–Trinajstić information content (AvgIpc) is 1.63. The molecular weight excluding hydrogens is 1740 g/mol. The molecule has 0 aliphatic carbocycles. The van der Waals surface area contributed by atoms with E-state index in [1.807, 2.05) is 153 Å². The highest BCUT2D eigenvalue weighted by Gasteiger charge is 2.39. The molecule has 2 aromatic heterocycles. The van der Waals surface area contributed by atoms with Crippen LogP contribution in [0.2, 0.25) is 0 Å². The molecule has 0 bridgehead atoms. The Morgan fingerprint density at radius 1 is 0.447 bits per heavy atom. The Hall–Kier alpha value is -11.9. The molecule has 5 N–H and O–H groups in total. The van der Waals surface area contributed by atoms with Gasteiger partial charge in [-0.3, -0.25) is 24.2 Å². The summed E-state index contributed by atoms with van der Waals surface area (Å²) in [7, 11) is 0. The molecule has 10 rings (SSSR count). The molecule has 714 valence electrons. The Morgan fingerprint density at radius 3 is 1.17 bits per heavy atom. The van der Waals surface area contributed by atoms with E-state index in [-0.39, 0.29) is 80.5 Å². The van der Waals surface area contributed by atoms with Gasteiger partial charge in [0.1, 0.15) is 92.6 Å². The number of amides is 2. The summed E-state index contributed by atoms with van der Waals surface area (Å²) in [5.74, 6) is -9.99. The van der Waals surface area contributed by atoms with Gasteiger partial charge in [-0.15, -0.1) is 11.6 Å². The molecule has 132 heavy (non-hydrogen) atoms. The van der Waals surface area contributed by atoms with Crippen LogP contribution >= 0.6 is 11.6 Å². The van der Waals surface area contributed by atoms with E-state index in [1.165, 1.54) is 13.8 Å². The summed E-state index contributed by atoms with van der Waals surface area (Å²) < 4.78 is 155. The Morgan fingerprint density at radius 2 is 0.803 bits per heavy atom. The second-order valence-electron chi connectivity index (χ2n) is 39.0. The van der Waals surface area contributed by atoms with Crippen LogP contribution in [0.5, 0.6) is 0 Å². The van der Waals surface area contributed by atoms with E-state index in [9.17, 15) is 82.3 Å².